The molecule has 0 fully saturated rings. The van der Waals surface area contributed by atoms with E-state index < -0.39 is 0 Å². The number of aromatic amines is 1. The molecule has 26 heavy (non-hydrogen) atoms. The van der Waals surface area contributed by atoms with E-state index >= 15 is 0 Å². The molecule has 4 rings (SSSR count). The topological polar surface area (TPSA) is 57.8 Å². The zero-order valence-electron chi connectivity index (χ0n) is 14.2. The number of carbonyl (C=O) groups excluding carboxylic acids is 1. The van der Waals surface area contributed by atoms with Gasteiger partial charge in [-0.05, 0) is 29.3 Å². The van der Waals surface area contributed by atoms with Crippen LogP contribution in [0.25, 0.3) is 10.9 Å². The van der Waals surface area contributed by atoms with Crippen molar-refractivity contribution in [1.29, 1.82) is 0 Å². The number of nitrogens with one attached hydrogen (secondary N) is 2. The van der Waals surface area contributed by atoms with Crippen molar-refractivity contribution < 1.29 is 4.79 Å². The Kier molecular flexibility index (Phi) is 4.48. The summed E-state index contributed by atoms with van der Waals surface area (Å²) < 4.78 is 0. The van der Waals surface area contributed by atoms with Gasteiger partial charge in [0.25, 0.3) is 5.91 Å². The average molecular weight is 341 g/mol. The third-order valence-electron chi connectivity index (χ3n) is 4.59. The summed E-state index contributed by atoms with van der Waals surface area (Å²) in [6.07, 6.45) is 5.28. The van der Waals surface area contributed by atoms with E-state index in [2.05, 4.69) is 39.6 Å². The van der Waals surface area contributed by atoms with Gasteiger partial charge >= 0.3 is 0 Å². The van der Waals surface area contributed by atoms with Gasteiger partial charge in [0.1, 0.15) is 0 Å². The highest BCUT2D eigenvalue weighted by molar-refractivity contribution is 5.94. The molecular weight excluding hydrogens is 322 g/mol. The molecule has 4 heteroatoms. The molecule has 2 aromatic carbocycles. The fourth-order valence-corrected chi connectivity index (χ4v) is 3.27. The third-order valence-corrected chi connectivity index (χ3v) is 4.59. The van der Waals surface area contributed by atoms with Gasteiger partial charge in [0.05, 0.1) is 5.56 Å². The number of H-pyrrole nitrogens is 1. The van der Waals surface area contributed by atoms with Gasteiger partial charge in [0.2, 0.25) is 0 Å². The predicted octanol–water partition coefficient (Wildman–Crippen LogP) is 4.12. The van der Waals surface area contributed by atoms with E-state index in [1.807, 2.05) is 36.5 Å². The van der Waals surface area contributed by atoms with Crippen molar-refractivity contribution in [2.24, 2.45) is 0 Å². The van der Waals surface area contributed by atoms with Crippen LogP contribution in [0.5, 0.6) is 0 Å². The molecular formula is C22H19N3O. The van der Waals surface area contributed by atoms with E-state index in [4.69, 9.17) is 0 Å². The molecule has 0 radical (unpaired) electrons. The monoisotopic (exact) mass is 341 g/mol. The highest BCUT2D eigenvalue weighted by Gasteiger charge is 2.19. The van der Waals surface area contributed by atoms with Crippen LogP contribution in [0.1, 0.15) is 27.4 Å². The van der Waals surface area contributed by atoms with E-state index in [1.165, 1.54) is 16.5 Å². The Morgan fingerprint density at radius 2 is 1.81 bits per heavy atom. The van der Waals surface area contributed by atoms with Crippen LogP contribution in [-0.4, -0.2) is 22.4 Å². The van der Waals surface area contributed by atoms with E-state index in [0.29, 0.717) is 12.1 Å². The van der Waals surface area contributed by atoms with Crippen LogP contribution < -0.4 is 5.32 Å². The number of pyridine rings is 1. The summed E-state index contributed by atoms with van der Waals surface area (Å²) in [5.41, 5.74) is 4.02. The Bertz CT molecular complexity index is 1010. The van der Waals surface area contributed by atoms with Gasteiger partial charge in [0, 0.05) is 42.0 Å². The Balaban J connectivity index is 1.65. The molecule has 0 aliphatic carbocycles. The summed E-state index contributed by atoms with van der Waals surface area (Å²) >= 11 is 0. The first-order valence-corrected chi connectivity index (χ1v) is 8.62. The van der Waals surface area contributed by atoms with Crippen molar-refractivity contribution in [1.82, 2.24) is 15.3 Å². The Labute approximate surface area is 151 Å². The van der Waals surface area contributed by atoms with Gasteiger partial charge in [-0.3, -0.25) is 9.78 Å². The smallest absolute Gasteiger partial charge is 0.252 e. The van der Waals surface area contributed by atoms with Gasteiger partial charge in [-0.1, -0.05) is 48.5 Å². The van der Waals surface area contributed by atoms with Crippen molar-refractivity contribution in [3.05, 3.63) is 102 Å². The van der Waals surface area contributed by atoms with Gasteiger partial charge < -0.3 is 10.3 Å². The molecule has 0 bridgehead atoms. The summed E-state index contributed by atoms with van der Waals surface area (Å²) in [6.45, 7) is 0.513. The second kappa shape index (κ2) is 7.23. The first kappa shape index (κ1) is 16.1. The lowest BCUT2D eigenvalue weighted by atomic mass is 9.91. The lowest BCUT2D eigenvalue weighted by Crippen LogP contribution is -2.28. The number of hydrogen-bond acceptors (Lipinski definition) is 2. The molecule has 0 aliphatic rings. The molecule has 0 unspecified atom stereocenters. The summed E-state index contributed by atoms with van der Waals surface area (Å²) in [5.74, 6) is -0.0492. The van der Waals surface area contributed by atoms with E-state index in [9.17, 15) is 4.79 Å². The van der Waals surface area contributed by atoms with Crippen LogP contribution in [0.3, 0.4) is 0 Å². The first-order chi connectivity index (χ1) is 12.8. The maximum absolute atomic E-state index is 12.5. The second-order valence-corrected chi connectivity index (χ2v) is 6.20. The molecule has 0 saturated carbocycles. The van der Waals surface area contributed by atoms with Gasteiger partial charge in [-0.2, -0.15) is 0 Å². The van der Waals surface area contributed by atoms with Crippen molar-refractivity contribution in [2.45, 2.75) is 5.92 Å². The van der Waals surface area contributed by atoms with Crippen LogP contribution in [0.4, 0.5) is 0 Å². The zero-order valence-corrected chi connectivity index (χ0v) is 14.2. The van der Waals surface area contributed by atoms with Crippen LogP contribution >= 0.6 is 0 Å². The average Bonchev–Trinajstić information content (AvgIpc) is 3.14. The largest absolute Gasteiger partial charge is 0.361 e. The number of amides is 1. The number of carbonyl (C=O) groups is 1. The van der Waals surface area contributed by atoms with Gasteiger partial charge in [-0.25, -0.2) is 0 Å². The Hall–Kier alpha value is -3.40. The van der Waals surface area contributed by atoms with Crippen LogP contribution in [-0.2, 0) is 0 Å². The van der Waals surface area contributed by atoms with Crippen LogP contribution in [0.2, 0.25) is 0 Å². The lowest BCUT2D eigenvalue weighted by molar-refractivity contribution is 0.0952. The quantitative estimate of drug-likeness (QED) is 0.573. The van der Waals surface area contributed by atoms with E-state index in [1.54, 1.807) is 24.5 Å². The highest BCUT2D eigenvalue weighted by Crippen LogP contribution is 2.30. The number of fused-ring (bicyclic) bond motifs is 1. The molecule has 4 aromatic rings. The highest BCUT2D eigenvalue weighted by atomic mass is 16.1. The Morgan fingerprint density at radius 1 is 1.00 bits per heavy atom. The predicted molar refractivity (Wildman–Crippen MR) is 103 cm³/mol. The molecule has 0 spiro atoms. The summed E-state index contributed by atoms with van der Waals surface area (Å²) in [6, 6.07) is 22.0. The number of aromatic nitrogens is 2. The number of rotatable bonds is 5. The minimum Gasteiger partial charge on any atom is -0.361 e. The number of benzene rings is 2. The maximum Gasteiger partial charge on any atom is 0.252 e. The summed E-state index contributed by atoms with van der Waals surface area (Å²) in [5, 5.41) is 4.24. The molecule has 2 aromatic heterocycles. The van der Waals surface area contributed by atoms with Gasteiger partial charge in [0.15, 0.2) is 0 Å². The third kappa shape index (κ3) is 3.22. The van der Waals surface area contributed by atoms with E-state index in [-0.39, 0.29) is 11.8 Å². The lowest BCUT2D eigenvalue weighted by Gasteiger charge is -2.18. The minimum absolute atomic E-state index is 0.0629. The van der Waals surface area contributed by atoms with Crippen molar-refractivity contribution in [2.75, 3.05) is 6.54 Å². The Morgan fingerprint density at radius 3 is 2.62 bits per heavy atom. The van der Waals surface area contributed by atoms with Crippen molar-refractivity contribution >= 4 is 16.8 Å². The standard InChI is InChI=1S/C22H19N3O/c26-22(17-9-6-12-23-13-17)25-14-19(16-7-2-1-3-8-16)20-15-24-21-11-5-4-10-18(20)21/h1-13,15,19,24H,14H2,(H,25,26)/t19-/m1/s1. The molecule has 4 nitrogen and oxygen atoms in total. The molecule has 128 valence electrons. The zero-order chi connectivity index (χ0) is 17.8. The minimum atomic E-state index is -0.112. The maximum atomic E-state index is 12.5. The molecule has 0 saturated heterocycles. The normalized spacial score (nSPS) is 12.0. The van der Waals surface area contributed by atoms with Crippen molar-refractivity contribution in [3.8, 4) is 0 Å². The fourth-order valence-electron chi connectivity index (χ4n) is 3.27. The SMILES string of the molecule is O=C(NC[C@H](c1ccccc1)c1c[nH]c2ccccc12)c1cccnc1. The van der Waals surface area contributed by atoms with Gasteiger partial charge in [-0.15, -0.1) is 0 Å². The van der Waals surface area contributed by atoms with Crippen LogP contribution in [0, 0.1) is 0 Å². The van der Waals surface area contributed by atoms with Crippen molar-refractivity contribution in [3.63, 3.8) is 0 Å². The molecule has 2 heterocycles. The molecule has 1 atom stereocenters. The second-order valence-electron chi connectivity index (χ2n) is 6.20. The number of nitrogens with zero attached hydrogens (tertiary/aromatic N) is 1. The first-order valence-electron chi connectivity index (χ1n) is 8.62. The number of para-hydroxylation sites is 1. The molecule has 1 amide bonds. The summed E-state index contributed by atoms with van der Waals surface area (Å²) in [4.78, 5) is 19.8. The number of hydrogen-bond donors (Lipinski definition) is 2. The fraction of sp³-hybridized carbons (Fsp3) is 0.0909. The van der Waals surface area contributed by atoms with E-state index in [0.717, 1.165) is 5.52 Å². The summed E-state index contributed by atoms with van der Waals surface area (Å²) in [7, 11) is 0. The molecule has 2 N–H and O–H groups in total. The van der Waals surface area contributed by atoms with Crippen LogP contribution in [0.15, 0.2) is 85.3 Å². The molecule has 0 aliphatic heterocycles.